The number of hydrogen-bond donors (Lipinski definition) is 1. The van der Waals surface area contributed by atoms with E-state index in [1.165, 1.54) is 24.0 Å². The monoisotopic (exact) mass is 392 g/mol. The molecule has 0 aliphatic carbocycles. The first-order valence-corrected chi connectivity index (χ1v) is 10.6. The normalized spacial score (nSPS) is 30.2. The summed E-state index contributed by atoms with van der Waals surface area (Å²) >= 11 is 0. The summed E-state index contributed by atoms with van der Waals surface area (Å²) in [4.78, 5) is 17.9. The van der Waals surface area contributed by atoms with Gasteiger partial charge in [0.25, 0.3) is 5.91 Å². The van der Waals surface area contributed by atoms with Crippen molar-refractivity contribution in [2.75, 3.05) is 26.2 Å². The Morgan fingerprint density at radius 2 is 1.79 bits per heavy atom. The number of rotatable bonds is 4. The summed E-state index contributed by atoms with van der Waals surface area (Å²) in [5.74, 6) is 1.37. The fourth-order valence-corrected chi connectivity index (χ4v) is 5.61. The van der Waals surface area contributed by atoms with Gasteiger partial charge in [0.1, 0.15) is 0 Å². The maximum atomic E-state index is 13.2. The van der Waals surface area contributed by atoms with Gasteiger partial charge < -0.3 is 14.7 Å². The number of fused-ring (bicyclic) bond motifs is 2. The molecule has 2 aromatic carbocycles. The molecular formula is C24H28N2O3. The van der Waals surface area contributed by atoms with Crippen molar-refractivity contribution in [2.24, 2.45) is 5.92 Å². The Hall–Kier alpha value is -2.53. The molecule has 4 fully saturated rings. The van der Waals surface area contributed by atoms with Crippen molar-refractivity contribution >= 4 is 5.91 Å². The van der Waals surface area contributed by atoms with E-state index >= 15 is 0 Å². The van der Waals surface area contributed by atoms with E-state index in [9.17, 15) is 9.90 Å². The van der Waals surface area contributed by atoms with Gasteiger partial charge in [0.15, 0.2) is 18.1 Å². The number of phenols is 1. The lowest BCUT2D eigenvalue weighted by Crippen LogP contribution is -2.61. The smallest absolute Gasteiger partial charge is 0.260 e. The standard InChI is InChI=1S/C24H28N2O3/c1-16-6-8-17(9-7-16)19-14-26(23-18-10-12-25(13-11-18)24(19)23)22(28)15-29-21-5-3-2-4-20(21)27/h2-9,18-19,23-24,27H,10-15H2,1H3/t19-,23+,24+/m0/s1. The Morgan fingerprint density at radius 1 is 1.07 bits per heavy atom. The summed E-state index contributed by atoms with van der Waals surface area (Å²) in [5.41, 5.74) is 2.59. The maximum absolute atomic E-state index is 13.2. The van der Waals surface area contributed by atoms with Crippen LogP contribution in [0.1, 0.15) is 29.9 Å². The highest BCUT2D eigenvalue weighted by atomic mass is 16.5. The van der Waals surface area contributed by atoms with E-state index in [1.807, 2.05) is 0 Å². The molecule has 0 unspecified atom stereocenters. The van der Waals surface area contributed by atoms with Gasteiger partial charge in [-0.2, -0.15) is 0 Å². The predicted octanol–water partition coefficient (Wildman–Crippen LogP) is 3.17. The van der Waals surface area contributed by atoms with Crippen LogP contribution in [0.25, 0.3) is 0 Å². The number of benzene rings is 2. The summed E-state index contributed by atoms with van der Waals surface area (Å²) < 4.78 is 5.67. The van der Waals surface area contributed by atoms with Gasteiger partial charge in [-0.1, -0.05) is 42.0 Å². The van der Waals surface area contributed by atoms with E-state index < -0.39 is 0 Å². The van der Waals surface area contributed by atoms with Crippen LogP contribution in [0.5, 0.6) is 11.5 Å². The fraction of sp³-hybridized carbons (Fsp3) is 0.458. The molecule has 6 rings (SSSR count). The van der Waals surface area contributed by atoms with Crippen LogP contribution in [0.2, 0.25) is 0 Å². The largest absolute Gasteiger partial charge is 0.504 e. The molecule has 0 saturated carbocycles. The quantitative estimate of drug-likeness (QED) is 0.868. The number of para-hydroxylation sites is 2. The summed E-state index contributed by atoms with van der Waals surface area (Å²) in [6.07, 6.45) is 2.35. The van der Waals surface area contributed by atoms with Gasteiger partial charge in [-0.15, -0.1) is 0 Å². The highest BCUT2D eigenvalue weighted by Gasteiger charge is 2.54. The fourth-order valence-electron chi connectivity index (χ4n) is 5.61. The Bertz CT molecular complexity index is 889. The predicted molar refractivity (Wildman–Crippen MR) is 111 cm³/mol. The van der Waals surface area contributed by atoms with Crippen LogP contribution in [-0.4, -0.2) is 59.1 Å². The van der Waals surface area contributed by atoms with Crippen molar-refractivity contribution in [2.45, 2.75) is 37.8 Å². The number of nitrogens with zero attached hydrogens (tertiary/aromatic N) is 2. The van der Waals surface area contributed by atoms with Crippen molar-refractivity contribution in [1.82, 2.24) is 9.80 Å². The number of likely N-dealkylation sites (tertiary alicyclic amines) is 1. The molecule has 3 atom stereocenters. The topological polar surface area (TPSA) is 53.0 Å². The van der Waals surface area contributed by atoms with Gasteiger partial charge in [0, 0.05) is 18.5 Å². The van der Waals surface area contributed by atoms with Gasteiger partial charge in [-0.25, -0.2) is 0 Å². The van der Waals surface area contributed by atoms with E-state index in [0.29, 0.717) is 23.6 Å². The molecule has 5 heteroatoms. The summed E-state index contributed by atoms with van der Waals surface area (Å²) in [6.45, 7) is 5.11. The first kappa shape index (κ1) is 18.5. The molecule has 4 aliphatic rings. The number of piperidine rings is 3. The number of aromatic hydroxyl groups is 1. The molecule has 2 bridgehead atoms. The van der Waals surface area contributed by atoms with Crippen molar-refractivity contribution < 1.29 is 14.6 Å². The van der Waals surface area contributed by atoms with Crippen molar-refractivity contribution in [1.29, 1.82) is 0 Å². The van der Waals surface area contributed by atoms with Crippen LogP contribution in [0.4, 0.5) is 0 Å². The second-order valence-corrected chi connectivity index (χ2v) is 8.67. The number of phenolic OH excluding ortho intramolecular Hbond substituents is 1. The molecule has 2 aromatic rings. The molecular weight excluding hydrogens is 364 g/mol. The third kappa shape index (κ3) is 3.27. The molecule has 0 radical (unpaired) electrons. The lowest BCUT2D eigenvalue weighted by atomic mass is 9.75. The van der Waals surface area contributed by atoms with Crippen LogP contribution in [-0.2, 0) is 4.79 Å². The van der Waals surface area contributed by atoms with Crippen molar-refractivity contribution in [3.63, 3.8) is 0 Å². The van der Waals surface area contributed by atoms with Gasteiger partial charge in [0.2, 0.25) is 0 Å². The minimum Gasteiger partial charge on any atom is -0.504 e. The highest BCUT2D eigenvalue weighted by molar-refractivity contribution is 5.79. The number of carbonyl (C=O) groups is 1. The molecule has 0 spiro atoms. The van der Waals surface area contributed by atoms with Crippen LogP contribution < -0.4 is 4.74 Å². The molecule has 5 nitrogen and oxygen atoms in total. The molecule has 152 valence electrons. The number of carbonyl (C=O) groups excluding carboxylic acids is 1. The summed E-state index contributed by atoms with van der Waals surface area (Å²) in [7, 11) is 0. The summed E-state index contributed by atoms with van der Waals surface area (Å²) in [5, 5.41) is 9.92. The molecule has 0 aromatic heterocycles. The minimum atomic E-state index is -0.0336. The van der Waals surface area contributed by atoms with E-state index in [0.717, 1.165) is 19.6 Å². The lowest BCUT2D eigenvalue weighted by molar-refractivity contribution is -0.138. The number of aryl methyl sites for hydroxylation is 1. The second kappa shape index (κ2) is 7.38. The first-order valence-electron chi connectivity index (χ1n) is 10.6. The molecule has 4 saturated heterocycles. The zero-order chi connectivity index (χ0) is 20.0. The Labute approximate surface area is 171 Å². The molecule has 4 aliphatic heterocycles. The minimum absolute atomic E-state index is 0.0200. The van der Waals surface area contributed by atoms with Crippen molar-refractivity contribution in [3.8, 4) is 11.5 Å². The van der Waals surface area contributed by atoms with Crippen LogP contribution >= 0.6 is 0 Å². The van der Waals surface area contributed by atoms with Gasteiger partial charge >= 0.3 is 0 Å². The van der Waals surface area contributed by atoms with E-state index in [2.05, 4.69) is 41.0 Å². The van der Waals surface area contributed by atoms with E-state index in [4.69, 9.17) is 4.74 Å². The molecule has 1 amide bonds. The van der Waals surface area contributed by atoms with Crippen LogP contribution in [0.15, 0.2) is 48.5 Å². The average molecular weight is 392 g/mol. The first-order chi connectivity index (χ1) is 14.1. The lowest BCUT2D eigenvalue weighted by Gasteiger charge is -2.51. The third-order valence-corrected chi connectivity index (χ3v) is 7.04. The van der Waals surface area contributed by atoms with Crippen LogP contribution in [0.3, 0.4) is 0 Å². The number of amides is 1. The molecule has 1 N–H and O–H groups in total. The number of hydrogen-bond acceptors (Lipinski definition) is 4. The van der Waals surface area contributed by atoms with Gasteiger partial charge in [0.05, 0.1) is 6.04 Å². The Balaban J connectivity index is 1.38. The van der Waals surface area contributed by atoms with Gasteiger partial charge in [-0.3, -0.25) is 9.69 Å². The third-order valence-electron chi connectivity index (χ3n) is 7.04. The molecule has 29 heavy (non-hydrogen) atoms. The molecule has 4 heterocycles. The van der Waals surface area contributed by atoms with Gasteiger partial charge in [-0.05, 0) is 56.5 Å². The van der Waals surface area contributed by atoms with E-state index in [1.54, 1.807) is 24.3 Å². The Kier molecular flexibility index (Phi) is 4.70. The zero-order valence-corrected chi connectivity index (χ0v) is 16.8. The van der Waals surface area contributed by atoms with E-state index in [-0.39, 0.29) is 24.3 Å². The van der Waals surface area contributed by atoms with Crippen molar-refractivity contribution in [3.05, 3.63) is 59.7 Å². The zero-order valence-electron chi connectivity index (χ0n) is 16.8. The Morgan fingerprint density at radius 3 is 2.52 bits per heavy atom. The highest BCUT2D eigenvalue weighted by Crippen LogP contribution is 2.46. The summed E-state index contributed by atoms with van der Waals surface area (Å²) in [6, 6.07) is 16.3. The average Bonchev–Trinajstić information content (AvgIpc) is 3.17. The SMILES string of the molecule is Cc1ccc([C@@H]2CN(C(=O)COc3ccccc3O)[C@@H]3C4CCN(CC4)[C@@H]32)cc1. The van der Waals surface area contributed by atoms with Crippen LogP contribution in [0, 0.1) is 12.8 Å². The number of ether oxygens (including phenoxy) is 1. The maximum Gasteiger partial charge on any atom is 0.260 e. The second-order valence-electron chi connectivity index (χ2n) is 8.67.